The number of likely N-dealkylation sites (tertiary alicyclic amines) is 1. The van der Waals surface area contributed by atoms with Crippen molar-refractivity contribution in [3.8, 4) is 16.8 Å². The van der Waals surface area contributed by atoms with Crippen LogP contribution < -0.4 is 11.1 Å². The van der Waals surface area contributed by atoms with E-state index in [4.69, 9.17) is 5.73 Å². The molecule has 0 spiro atoms. The molecular formula is C29H32N6O. The van der Waals surface area contributed by atoms with Crippen LogP contribution in [-0.4, -0.2) is 44.5 Å². The third-order valence-electron chi connectivity index (χ3n) is 6.57. The van der Waals surface area contributed by atoms with Gasteiger partial charge in [0.15, 0.2) is 0 Å². The van der Waals surface area contributed by atoms with Crippen LogP contribution in [0.1, 0.15) is 40.2 Å². The van der Waals surface area contributed by atoms with Crippen molar-refractivity contribution in [3.05, 3.63) is 95.8 Å². The second kappa shape index (κ2) is 10.4. The second-order valence-corrected chi connectivity index (χ2v) is 9.70. The van der Waals surface area contributed by atoms with E-state index in [1.54, 1.807) is 12.5 Å². The Bertz CT molecular complexity index is 1360. The monoisotopic (exact) mass is 480 g/mol. The summed E-state index contributed by atoms with van der Waals surface area (Å²) < 4.78 is 1.98. The Balaban J connectivity index is 1.41. The Morgan fingerprint density at radius 1 is 1.06 bits per heavy atom. The number of nitrogens with two attached hydrogens (primary N) is 1. The van der Waals surface area contributed by atoms with Crippen LogP contribution in [0.5, 0.6) is 0 Å². The fraction of sp³-hybridized carbons (Fsp3) is 0.276. The van der Waals surface area contributed by atoms with E-state index in [0.717, 1.165) is 66.2 Å². The van der Waals surface area contributed by atoms with Crippen molar-refractivity contribution < 1.29 is 4.79 Å². The van der Waals surface area contributed by atoms with Gasteiger partial charge in [-0.2, -0.15) is 0 Å². The van der Waals surface area contributed by atoms with E-state index in [1.807, 2.05) is 42.0 Å². The lowest BCUT2D eigenvalue weighted by Crippen LogP contribution is -2.42. The fourth-order valence-corrected chi connectivity index (χ4v) is 4.72. The second-order valence-electron chi connectivity index (χ2n) is 9.70. The molecule has 36 heavy (non-hydrogen) atoms. The summed E-state index contributed by atoms with van der Waals surface area (Å²) in [7, 11) is 0. The van der Waals surface area contributed by atoms with Gasteiger partial charge >= 0.3 is 0 Å². The summed E-state index contributed by atoms with van der Waals surface area (Å²) in [6, 6.07) is 18.4. The number of nitrogens with zero attached hydrogens (tertiary/aromatic N) is 4. The first-order valence-electron chi connectivity index (χ1n) is 12.4. The molecule has 4 aromatic rings. The van der Waals surface area contributed by atoms with E-state index >= 15 is 0 Å². The summed E-state index contributed by atoms with van der Waals surface area (Å²) in [5.41, 5.74) is 13.5. The first-order chi connectivity index (χ1) is 17.4. The Morgan fingerprint density at radius 2 is 1.89 bits per heavy atom. The number of carbonyl (C=O) groups is 1. The minimum Gasteiger partial charge on any atom is -0.327 e. The lowest BCUT2D eigenvalue weighted by atomic mass is 10.0. The normalized spacial score (nSPS) is 16.1. The Morgan fingerprint density at radius 3 is 2.64 bits per heavy atom. The molecular weight excluding hydrogens is 448 g/mol. The summed E-state index contributed by atoms with van der Waals surface area (Å²) >= 11 is 0. The van der Waals surface area contributed by atoms with Crippen LogP contribution in [-0.2, 0) is 6.54 Å². The first-order valence-corrected chi connectivity index (χ1v) is 12.4. The van der Waals surface area contributed by atoms with Gasteiger partial charge in [-0.3, -0.25) is 14.7 Å². The van der Waals surface area contributed by atoms with Gasteiger partial charge in [-0.05, 0) is 80.3 Å². The summed E-state index contributed by atoms with van der Waals surface area (Å²) in [5.74, 6) is -0.242. The number of amides is 1. The number of carbonyl (C=O) groups excluding carboxylic acids is 1. The predicted molar refractivity (Wildman–Crippen MR) is 143 cm³/mol. The van der Waals surface area contributed by atoms with Crippen molar-refractivity contribution in [2.45, 2.75) is 39.3 Å². The maximum absolute atomic E-state index is 13.2. The molecule has 1 aliphatic rings. The number of anilines is 1. The van der Waals surface area contributed by atoms with Crippen molar-refractivity contribution >= 4 is 11.6 Å². The molecule has 1 atom stereocenters. The van der Waals surface area contributed by atoms with Gasteiger partial charge in [0, 0.05) is 42.9 Å². The Kier molecular flexibility index (Phi) is 6.93. The molecule has 3 N–H and O–H groups in total. The topological polar surface area (TPSA) is 89.1 Å². The van der Waals surface area contributed by atoms with Crippen LogP contribution in [0.3, 0.4) is 0 Å². The number of pyridine rings is 1. The maximum Gasteiger partial charge on any atom is 0.274 e. The predicted octanol–water partition coefficient (Wildman–Crippen LogP) is 4.73. The van der Waals surface area contributed by atoms with Crippen LogP contribution in [0, 0.1) is 13.8 Å². The van der Waals surface area contributed by atoms with Gasteiger partial charge in [0.1, 0.15) is 5.69 Å². The SMILES string of the molecule is Cc1ccc(-c2ccnc(C(=O)Nc3cc(CN4CCC[C@H](N)C4)cc(-n4cnc(C)c4)c3)c2)cc1. The smallest absolute Gasteiger partial charge is 0.274 e. The van der Waals surface area contributed by atoms with E-state index < -0.39 is 0 Å². The van der Waals surface area contributed by atoms with E-state index in [1.165, 1.54) is 5.56 Å². The van der Waals surface area contributed by atoms with Crippen LogP contribution in [0.25, 0.3) is 16.8 Å². The molecule has 5 rings (SSSR count). The van der Waals surface area contributed by atoms with Gasteiger partial charge in [-0.15, -0.1) is 0 Å². The molecule has 7 heteroatoms. The average Bonchev–Trinajstić information content (AvgIpc) is 3.31. The molecule has 0 unspecified atom stereocenters. The van der Waals surface area contributed by atoms with Gasteiger partial charge in [0.2, 0.25) is 0 Å². The highest BCUT2D eigenvalue weighted by atomic mass is 16.1. The van der Waals surface area contributed by atoms with E-state index in [9.17, 15) is 4.79 Å². The summed E-state index contributed by atoms with van der Waals surface area (Å²) in [4.78, 5) is 24.3. The molecule has 1 saturated heterocycles. The van der Waals surface area contributed by atoms with Gasteiger partial charge in [0.05, 0.1) is 12.0 Å². The van der Waals surface area contributed by atoms with Gasteiger partial charge < -0.3 is 15.6 Å². The fourth-order valence-electron chi connectivity index (χ4n) is 4.72. The summed E-state index contributed by atoms with van der Waals surface area (Å²) in [6.07, 6.45) is 7.63. The molecule has 0 saturated carbocycles. The molecule has 7 nitrogen and oxygen atoms in total. The minimum atomic E-state index is -0.242. The number of hydrogen-bond donors (Lipinski definition) is 2. The molecule has 2 aromatic carbocycles. The van der Waals surface area contributed by atoms with Gasteiger partial charge in [0.25, 0.3) is 5.91 Å². The number of aryl methyl sites for hydroxylation is 2. The zero-order chi connectivity index (χ0) is 25.1. The number of piperidine rings is 1. The standard InChI is InChI=1S/C29H32N6O/c1-20-5-7-23(8-6-20)24-9-10-31-28(14-24)29(36)33-26-12-22(17-34-11-3-4-25(30)18-34)13-27(15-26)35-16-21(2)32-19-35/h5-10,12-16,19,25H,3-4,11,17-18,30H2,1-2H3,(H,33,36)/t25-/m0/s1. The van der Waals surface area contributed by atoms with Crippen molar-refractivity contribution in [1.29, 1.82) is 0 Å². The number of rotatable bonds is 6. The Labute approximate surface area is 212 Å². The van der Waals surface area contributed by atoms with Crippen molar-refractivity contribution in [3.63, 3.8) is 0 Å². The highest BCUT2D eigenvalue weighted by Gasteiger charge is 2.18. The van der Waals surface area contributed by atoms with Crippen molar-refractivity contribution in [2.75, 3.05) is 18.4 Å². The van der Waals surface area contributed by atoms with Gasteiger partial charge in [-0.25, -0.2) is 4.98 Å². The van der Waals surface area contributed by atoms with Crippen molar-refractivity contribution in [2.24, 2.45) is 5.73 Å². The molecule has 0 radical (unpaired) electrons. The summed E-state index contributed by atoms with van der Waals surface area (Å²) in [5, 5.41) is 3.07. The number of aromatic nitrogens is 3. The number of imidazole rings is 1. The molecule has 0 bridgehead atoms. The van der Waals surface area contributed by atoms with Gasteiger partial charge in [-0.1, -0.05) is 29.8 Å². The molecule has 184 valence electrons. The molecule has 1 amide bonds. The molecule has 3 heterocycles. The quantitative estimate of drug-likeness (QED) is 0.417. The largest absolute Gasteiger partial charge is 0.327 e. The third-order valence-corrected chi connectivity index (χ3v) is 6.57. The number of nitrogens with one attached hydrogen (secondary N) is 1. The third kappa shape index (κ3) is 5.70. The first kappa shape index (κ1) is 23.9. The molecule has 1 fully saturated rings. The van der Waals surface area contributed by atoms with E-state index in [-0.39, 0.29) is 11.9 Å². The summed E-state index contributed by atoms with van der Waals surface area (Å²) in [6.45, 7) is 6.71. The number of hydrogen-bond acceptors (Lipinski definition) is 5. The van der Waals surface area contributed by atoms with Crippen LogP contribution in [0.4, 0.5) is 5.69 Å². The van der Waals surface area contributed by atoms with Crippen LogP contribution in [0.2, 0.25) is 0 Å². The Hall–Kier alpha value is -3.81. The highest BCUT2D eigenvalue weighted by molar-refractivity contribution is 6.03. The molecule has 1 aliphatic heterocycles. The lowest BCUT2D eigenvalue weighted by Gasteiger charge is -2.30. The zero-order valence-electron chi connectivity index (χ0n) is 20.8. The molecule has 2 aromatic heterocycles. The van der Waals surface area contributed by atoms with Crippen LogP contribution >= 0.6 is 0 Å². The minimum absolute atomic E-state index is 0.212. The van der Waals surface area contributed by atoms with E-state index in [0.29, 0.717) is 5.69 Å². The number of benzene rings is 2. The maximum atomic E-state index is 13.2. The lowest BCUT2D eigenvalue weighted by molar-refractivity contribution is 0.102. The van der Waals surface area contributed by atoms with E-state index in [2.05, 4.69) is 57.4 Å². The zero-order valence-corrected chi connectivity index (χ0v) is 20.8. The molecule has 0 aliphatic carbocycles. The van der Waals surface area contributed by atoms with Crippen molar-refractivity contribution in [1.82, 2.24) is 19.4 Å². The highest BCUT2D eigenvalue weighted by Crippen LogP contribution is 2.24. The van der Waals surface area contributed by atoms with Crippen LogP contribution in [0.15, 0.2) is 73.3 Å². The average molecular weight is 481 g/mol.